The fourth-order valence-electron chi connectivity index (χ4n) is 4.03. The number of hydrogen-bond acceptors (Lipinski definition) is 3. The van der Waals surface area contributed by atoms with E-state index in [4.69, 9.17) is 4.74 Å². The second-order valence-corrected chi connectivity index (χ2v) is 7.44. The molecule has 1 saturated heterocycles. The van der Waals surface area contributed by atoms with Crippen LogP contribution in [0.3, 0.4) is 0 Å². The van der Waals surface area contributed by atoms with E-state index in [2.05, 4.69) is 5.32 Å². The fraction of sp³-hybridized carbons (Fsp3) is 0.600. The maximum absolute atomic E-state index is 14.1. The average Bonchev–Trinajstić information content (AvgIpc) is 3.27. The first-order valence-electron chi connectivity index (χ1n) is 9.72. The van der Waals surface area contributed by atoms with Crippen LogP contribution in [0, 0.1) is 11.7 Å². The maximum Gasteiger partial charge on any atom is 0.321 e. The fourth-order valence-corrected chi connectivity index (χ4v) is 4.03. The Labute approximate surface area is 159 Å². The molecule has 1 aromatic rings. The Morgan fingerprint density at radius 2 is 2.11 bits per heavy atom. The summed E-state index contributed by atoms with van der Waals surface area (Å²) in [7, 11) is 1.67. The van der Waals surface area contributed by atoms with Crippen LogP contribution in [0.15, 0.2) is 18.2 Å². The third-order valence-electron chi connectivity index (χ3n) is 5.38. The van der Waals surface area contributed by atoms with Gasteiger partial charge < -0.3 is 19.9 Å². The summed E-state index contributed by atoms with van der Waals surface area (Å²) in [5.74, 6) is 0.210. The van der Waals surface area contributed by atoms with Crippen molar-refractivity contribution in [3.05, 3.63) is 24.0 Å². The van der Waals surface area contributed by atoms with E-state index in [1.165, 1.54) is 29.9 Å². The molecular formula is C20H28FN3O3. The third-order valence-corrected chi connectivity index (χ3v) is 5.38. The van der Waals surface area contributed by atoms with Crippen molar-refractivity contribution in [2.45, 2.75) is 45.1 Å². The molecule has 3 amide bonds. The topological polar surface area (TPSA) is 61.9 Å². The Morgan fingerprint density at radius 1 is 1.37 bits per heavy atom. The average molecular weight is 377 g/mol. The van der Waals surface area contributed by atoms with Gasteiger partial charge in [-0.15, -0.1) is 0 Å². The summed E-state index contributed by atoms with van der Waals surface area (Å²) < 4.78 is 19.4. The first-order chi connectivity index (χ1) is 13.0. The number of likely N-dealkylation sites (tertiary alicyclic amines) is 1. The van der Waals surface area contributed by atoms with Crippen LogP contribution in [0.25, 0.3) is 0 Å². The molecule has 0 bridgehead atoms. The minimum Gasteiger partial charge on any atom is -0.494 e. The molecule has 0 unspecified atom stereocenters. The summed E-state index contributed by atoms with van der Waals surface area (Å²) in [4.78, 5) is 28.2. The minimum atomic E-state index is -0.536. The smallest absolute Gasteiger partial charge is 0.321 e. The van der Waals surface area contributed by atoms with Gasteiger partial charge in [0.1, 0.15) is 11.6 Å². The van der Waals surface area contributed by atoms with E-state index in [0.29, 0.717) is 37.9 Å². The number of amides is 3. The van der Waals surface area contributed by atoms with Crippen molar-refractivity contribution >= 4 is 17.6 Å². The first kappa shape index (κ1) is 19.5. The molecule has 1 aliphatic carbocycles. The highest BCUT2D eigenvalue weighted by Crippen LogP contribution is 2.29. The number of nitrogens with one attached hydrogen (secondary N) is 1. The Morgan fingerprint density at radius 3 is 2.78 bits per heavy atom. The lowest BCUT2D eigenvalue weighted by atomic mass is 10.1. The van der Waals surface area contributed by atoms with Crippen LogP contribution in [0.2, 0.25) is 0 Å². The van der Waals surface area contributed by atoms with E-state index in [0.717, 1.165) is 12.8 Å². The number of carbonyl (C=O) groups is 2. The third kappa shape index (κ3) is 4.70. The van der Waals surface area contributed by atoms with Crippen molar-refractivity contribution in [3.8, 4) is 5.75 Å². The van der Waals surface area contributed by atoms with Gasteiger partial charge in [0, 0.05) is 44.6 Å². The Kier molecular flexibility index (Phi) is 6.19. The standard InChI is InChI=1S/C20H28FN3O3/c1-3-27-16-8-9-18(17(21)11-16)22-20(26)23(2)12-14-10-19(25)24(13-14)15-6-4-5-7-15/h8-9,11,14-15H,3-7,10,12-13H2,1-2H3,(H,22,26)/t14-/m1/s1. The SMILES string of the molecule is CCOc1ccc(NC(=O)N(C)C[C@H]2CC(=O)N(C3CCCC3)C2)c(F)c1. The second-order valence-electron chi connectivity index (χ2n) is 7.44. The van der Waals surface area contributed by atoms with Gasteiger partial charge in [-0.3, -0.25) is 4.79 Å². The van der Waals surface area contributed by atoms with Gasteiger partial charge in [-0.2, -0.15) is 0 Å². The minimum absolute atomic E-state index is 0.116. The summed E-state index contributed by atoms with van der Waals surface area (Å²) in [6, 6.07) is 4.36. The molecular weight excluding hydrogens is 349 g/mol. The van der Waals surface area contributed by atoms with Crippen molar-refractivity contribution in [1.29, 1.82) is 0 Å². The van der Waals surface area contributed by atoms with Crippen LogP contribution < -0.4 is 10.1 Å². The van der Waals surface area contributed by atoms with Crippen molar-refractivity contribution in [1.82, 2.24) is 9.80 Å². The number of hydrogen-bond donors (Lipinski definition) is 1. The molecule has 0 spiro atoms. The summed E-state index contributed by atoms with van der Waals surface area (Å²) in [5, 5.41) is 2.59. The quantitative estimate of drug-likeness (QED) is 0.826. The number of anilines is 1. The summed E-state index contributed by atoms with van der Waals surface area (Å²) in [6.07, 6.45) is 5.04. The molecule has 2 aliphatic rings. The van der Waals surface area contributed by atoms with Crippen molar-refractivity contribution in [2.75, 3.05) is 32.1 Å². The molecule has 2 fully saturated rings. The molecule has 7 heteroatoms. The van der Waals surface area contributed by atoms with Crippen molar-refractivity contribution in [3.63, 3.8) is 0 Å². The molecule has 1 N–H and O–H groups in total. The second kappa shape index (κ2) is 8.59. The molecule has 6 nitrogen and oxygen atoms in total. The lowest BCUT2D eigenvalue weighted by Gasteiger charge is -2.25. The molecule has 1 atom stereocenters. The number of nitrogens with zero attached hydrogens (tertiary/aromatic N) is 2. The van der Waals surface area contributed by atoms with E-state index in [9.17, 15) is 14.0 Å². The first-order valence-corrected chi connectivity index (χ1v) is 9.72. The largest absolute Gasteiger partial charge is 0.494 e. The summed E-state index contributed by atoms with van der Waals surface area (Å²) >= 11 is 0. The molecule has 1 saturated carbocycles. The highest BCUT2D eigenvalue weighted by atomic mass is 19.1. The zero-order valence-electron chi connectivity index (χ0n) is 16.0. The summed E-state index contributed by atoms with van der Waals surface area (Å²) in [5.41, 5.74) is 0.116. The van der Waals surface area contributed by atoms with Crippen molar-refractivity contribution < 1.29 is 18.7 Å². The normalized spacial score (nSPS) is 20.2. The molecule has 1 aromatic carbocycles. The predicted molar refractivity (Wildman–Crippen MR) is 101 cm³/mol. The zero-order valence-corrected chi connectivity index (χ0v) is 16.0. The molecule has 1 aliphatic heterocycles. The molecule has 0 aromatic heterocycles. The number of benzene rings is 1. The van der Waals surface area contributed by atoms with Gasteiger partial charge in [0.15, 0.2) is 0 Å². The van der Waals surface area contributed by atoms with Gasteiger partial charge >= 0.3 is 6.03 Å². The van der Waals surface area contributed by atoms with E-state index in [1.54, 1.807) is 13.1 Å². The van der Waals surface area contributed by atoms with Gasteiger partial charge in [0.2, 0.25) is 5.91 Å². The lowest BCUT2D eigenvalue weighted by Crippen LogP contribution is -2.38. The number of ether oxygens (including phenoxy) is 1. The molecule has 0 radical (unpaired) electrons. The maximum atomic E-state index is 14.1. The van der Waals surface area contributed by atoms with Crippen LogP contribution >= 0.6 is 0 Å². The van der Waals surface area contributed by atoms with Gasteiger partial charge in [-0.1, -0.05) is 12.8 Å². The zero-order chi connectivity index (χ0) is 19.4. The number of urea groups is 1. The number of rotatable bonds is 6. The van der Waals surface area contributed by atoms with E-state index in [1.807, 2.05) is 11.8 Å². The van der Waals surface area contributed by atoms with Crippen LogP contribution in [0.1, 0.15) is 39.0 Å². The Balaban J connectivity index is 1.53. The predicted octanol–water partition coefficient (Wildman–Crippen LogP) is 3.48. The molecule has 1 heterocycles. The monoisotopic (exact) mass is 377 g/mol. The van der Waals surface area contributed by atoms with E-state index < -0.39 is 5.82 Å². The Hall–Kier alpha value is -2.31. The molecule has 3 rings (SSSR count). The van der Waals surface area contributed by atoms with E-state index in [-0.39, 0.29) is 23.5 Å². The highest BCUT2D eigenvalue weighted by molar-refractivity contribution is 5.89. The van der Waals surface area contributed by atoms with Gasteiger partial charge in [-0.05, 0) is 31.9 Å². The van der Waals surface area contributed by atoms with Crippen LogP contribution in [-0.4, -0.2) is 54.5 Å². The highest BCUT2D eigenvalue weighted by Gasteiger charge is 2.36. The lowest BCUT2D eigenvalue weighted by molar-refractivity contribution is -0.129. The molecule has 27 heavy (non-hydrogen) atoms. The Bertz CT molecular complexity index is 691. The molecule has 148 valence electrons. The van der Waals surface area contributed by atoms with Crippen LogP contribution in [0.5, 0.6) is 5.75 Å². The van der Waals surface area contributed by atoms with Gasteiger partial charge in [-0.25, -0.2) is 9.18 Å². The number of carbonyl (C=O) groups excluding carboxylic acids is 2. The van der Waals surface area contributed by atoms with Crippen LogP contribution in [-0.2, 0) is 4.79 Å². The van der Waals surface area contributed by atoms with Crippen LogP contribution in [0.4, 0.5) is 14.9 Å². The number of halogens is 1. The van der Waals surface area contributed by atoms with Gasteiger partial charge in [0.05, 0.1) is 12.3 Å². The van der Waals surface area contributed by atoms with E-state index >= 15 is 0 Å². The van der Waals surface area contributed by atoms with Crippen molar-refractivity contribution in [2.24, 2.45) is 5.92 Å². The van der Waals surface area contributed by atoms with Gasteiger partial charge in [0.25, 0.3) is 0 Å². The summed E-state index contributed by atoms with van der Waals surface area (Å²) in [6.45, 7) is 3.45.